The van der Waals surface area contributed by atoms with Gasteiger partial charge >= 0.3 is 6.09 Å². The molecule has 2 fully saturated rings. The fourth-order valence-corrected chi connectivity index (χ4v) is 2.81. The first-order valence-corrected chi connectivity index (χ1v) is 7.78. The third-order valence-electron chi connectivity index (χ3n) is 4.08. The van der Waals surface area contributed by atoms with E-state index < -0.39 is 5.60 Å². The van der Waals surface area contributed by atoms with Gasteiger partial charge in [0.05, 0.1) is 0 Å². The Morgan fingerprint density at radius 2 is 1.85 bits per heavy atom. The van der Waals surface area contributed by atoms with Gasteiger partial charge < -0.3 is 9.64 Å². The molecule has 1 heterocycles. The first-order valence-electron chi connectivity index (χ1n) is 7.78. The van der Waals surface area contributed by atoms with Crippen LogP contribution in [0.2, 0.25) is 0 Å². The average Bonchev–Trinajstić information content (AvgIpc) is 3.09. The van der Waals surface area contributed by atoms with E-state index in [-0.39, 0.29) is 18.1 Å². The topological polar surface area (TPSA) is 46.6 Å². The minimum atomic E-state index is -0.481. The van der Waals surface area contributed by atoms with Crippen molar-refractivity contribution in [3.8, 4) is 0 Å². The van der Waals surface area contributed by atoms with Gasteiger partial charge in [0.25, 0.3) is 0 Å². The number of amides is 1. The highest BCUT2D eigenvalue weighted by atomic mass is 16.6. The Morgan fingerprint density at radius 3 is 2.40 bits per heavy atom. The summed E-state index contributed by atoms with van der Waals surface area (Å²) in [6, 6.07) is 0.0294. The number of likely N-dealkylation sites (tertiary alicyclic amines) is 1. The van der Waals surface area contributed by atoms with E-state index in [9.17, 15) is 9.59 Å². The van der Waals surface area contributed by atoms with Gasteiger partial charge in [-0.25, -0.2) is 4.79 Å². The van der Waals surface area contributed by atoms with Crippen LogP contribution in [0.15, 0.2) is 0 Å². The molecule has 4 heteroatoms. The van der Waals surface area contributed by atoms with Crippen molar-refractivity contribution in [3.63, 3.8) is 0 Å². The van der Waals surface area contributed by atoms with E-state index in [0.717, 1.165) is 25.7 Å². The Labute approximate surface area is 121 Å². The van der Waals surface area contributed by atoms with Crippen molar-refractivity contribution in [2.75, 3.05) is 6.54 Å². The minimum Gasteiger partial charge on any atom is -0.444 e. The number of carbonyl (C=O) groups excluding carboxylic acids is 2. The van der Waals surface area contributed by atoms with Crippen LogP contribution in [0.4, 0.5) is 4.79 Å². The lowest BCUT2D eigenvalue weighted by Crippen LogP contribution is -2.48. The van der Waals surface area contributed by atoms with E-state index in [1.807, 2.05) is 20.8 Å². The van der Waals surface area contributed by atoms with E-state index in [2.05, 4.69) is 6.92 Å². The number of nitrogens with zero attached hydrogens (tertiary/aromatic N) is 1. The van der Waals surface area contributed by atoms with E-state index >= 15 is 0 Å². The molecule has 1 amide bonds. The second-order valence-corrected chi connectivity index (χ2v) is 7.40. The van der Waals surface area contributed by atoms with E-state index in [0.29, 0.717) is 24.7 Å². The first kappa shape index (κ1) is 15.3. The van der Waals surface area contributed by atoms with Gasteiger partial charge in [-0.05, 0) is 52.4 Å². The maximum absolute atomic E-state index is 12.3. The van der Waals surface area contributed by atoms with Gasteiger partial charge in [-0.3, -0.25) is 4.79 Å². The fourth-order valence-electron chi connectivity index (χ4n) is 2.81. The molecule has 1 saturated carbocycles. The molecular formula is C16H27NO3. The summed E-state index contributed by atoms with van der Waals surface area (Å²) >= 11 is 0. The summed E-state index contributed by atoms with van der Waals surface area (Å²) in [5.41, 5.74) is -0.481. The predicted octanol–water partition coefficient (Wildman–Crippen LogP) is 3.39. The van der Waals surface area contributed by atoms with Gasteiger partial charge in [-0.1, -0.05) is 6.92 Å². The number of rotatable bonds is 3. The van der Waals surface area contributed by atoms with Gasteiger partial charge in [-0.2, -0.15) is 0 Å². The van der Waals surface area contributed by atoms with Crippen LogP contribution < -0.4 is 0 Å². The van der Waals surface area contributed by atoms with Crippen LogP contribution in [0.3, 0.4) is 0 Å². The standard InChI is InChI=1S/C16H27NO3/c1-11-7-8-17(15(19)20-16(2,3)4)13(9-11)10-14(18)12-5-6-12/h11-13H,5-10H2,1-4H3. The van der Waals surface area contributed by atoms with Crippen molar-refractivity contribution >= 4 is 11.9 Å². The monoisotopic (exact) mass is 281 g/mol. The number of ether oxygens (including phenoxy) is 1. The molecule has 2 aliphatic rings. The number of piperidine rings is 1. The van der Waals surface area contributed by atoms with E-state index in [1.165, 1.54) is 0 Å². The second kappa shape index (κ2) is 5.74. The van der Waals surface area contributed by atoms with Gasteiger partial charge in [0.1, 0.15) is 11.4 Å². The summed E-state index contributed by atoms with van der Waals surface area (Å²) in [7, 11) is 0. The van der Waals surface area contributed by atoms with Gasteiger partial charge in [0, 0.05) is 24.9 Å². The highest BCUT2D eigenvalue weighted by molar-refractivity contribution is 5.84. The van der Waals surface area contributed by atoms with Gasteiger partial charge in [-0.15, -0.1) is 0 Å². The molecule has 0 aromatic rings. The zero-order valence-electron chi connectivity index (χ0n) is 13.1. The maximum atomic E-state index is 12.3. The summed E-state index contributed by atoms with van der Waals surface area (Å²) in [5, 5.41) is 0. The lowest BCUT2D eigenvalue weighted by molar-refractivity contribution is -0.121. The quantitative estimate of drug-likeness (QED) is 0.796. The summed E-state index contributed by atoms with van der Waals surface area (Å²) in [4.78, 5) is 26.1. The molecule has 114 valence electrons. The molecule has 2 rings (SSSR count). The Bertz CT molecular complexity index is 382. The largest absolute Gasteiger partial charge is 0.444 e. The number of hydrogen-bond acceptors (Lipinski definition) is 3. The molecule has 20 heavy (non-hydrogen) atoms. The third kappa shape index (κ3) is 4.22. The first-order chi connectivity index (χ1) is 9.26. The van der Waals surface area contributed by atoms with E-state index in [1.54, 1.807) is 4.90 Å². The predicted molar refractivity (Wildman–Crippen MR) is 77.5 cm³/mol. The number of ketones is 1. The molecule has 2 unspecified atom stereocenters. The molecule has 0 radical (unpaired) electrons. The molecule has 0 spiro atoms. The van der Waals surface area contributed by atoms with Crippen LogP contribution >= 0.6 is 0 Å². The van der Waals surface area contributed by atoms with Crippen molar-refractivity contribution < 1.29 is 14.3 Å². The van der Waals surface area contributed by atoms with E-state index in [4.69, 9.17) is 4.74 Å². The van der Waals surface area contributed by atoms with Crippen molar-refractivity contribution in [2.24, 2.45) is 11.8 Å². The summed E-state index contributed by atoms with van der Waals surface area (Å²) < 4.78 is 5.48. The molecule has 1 aliphatic carbocycles. The Kier molecular flexibility index (Phi) is 4.40. The minimum absolute atomic E-state index is 0.0294. The lowest BCUT2D eigenvalue weighted by atomic mass is 9.89. The van der Waals surface area contributed by atoms with Crippen LogP contribution in [0, 0.1) is 11.8 Å². The summed E-state index contributed by atoms with van der Waals surface area (Å²) in [6.45, 7) is 8.53. The summed E-state index contributed by atoms with van der Waals surface area (Å²) in [6.07, 6.45) is 4.22. The molecule has 4 nitrogen and oxygen atoms in total. The lowest BCUT2D eigenvalue weighted by Gasteiger charge is -2.39. The van der Waals surface area contributed by atoms with Gasteiger partial charge in [0.15, 0.2) is 0 Å². The zero-order valence-corrected chi connectivity index (χ0v) is 13.1. The number of Topliss-reactive ketones (excluding diaryl/α,β-unsaturated/α-hetero) is 1. The zero-order chi connectivity index (χ0) is 14.9. The van der Waals surface area contributed by atoms with Crippen LogP contribution in [0.1, 0.15) is 59.8 Å². The number of carbonyl (C=O) groups is 2. The molecule has 0 aromatic heterocycles. The normalized spacial score (nSPS) is 27.3. The van der Waals surface area contributed by atoms with Crippen molar-refractivity contribution in [1.82, 2.24) is 4.90 Å². The highest BCUT2D eigenvalue weighted by Gasteiger charge is 2.37. The number of hydrogen-bond donors (Lipinski definition) is 0. The average molecular weight is 281 g/mol. The fraction of sp³-hybridized carbons (Fsp3) is 0.875. The Balaban J connectivity index is 1.99. The second-order valence-electron chi connectivity index (χ2n) is 7.40. The molecule has 1 saturated heterocycles. The molecule has 2 atom stereocenters. The highest BCUT2D eigenvalue weighted by Crippen LogP contribution is 2.34. The maximum Gasteiger partial charge on any atom is 0.410 e. The van der Waals surface area contributed by atoms with Crippen molar-refractivity contribution in [2.45, 2.75) is 71.4 Å². The molecule has 0 bridgehead atoms. The van der Waals surface area contributed by atoms with Crippen molar-refractivity contribution in [3.05, 3.63) is 0 Å². The van der Waals surface area contributed by atoms with Crippen LogP contribution in [-0.2, 0) is 9.53 Å². The third-order valence-corrected chi connectivity index (χ3v) is 4.08. The van der Waals surface area contributed by atoms with Gasteiger partial charge in [0.2, 0.25) is 0 Å². The summed E-state index contributed by atoms with van der Waals surface area (Å²) in [5.74, 6) is 1.18. The Hall–Kier alpha value is -1.06. The smallest absolute Gasteiger partial charge is 0.410 e. The molecular weight excluding hydrogens is 254 g/mol. The van der Waals surface area contributed by atoms with Crippen LogP contribution in [0.25, 0.3) is 0 Å². The van der Waals surface area contributed by atoms with Crippen LogP contribution in [0.5, 0.6) is 0 Å². The SMILES string of the molecule is CC1CCN(C(=O)OC(C)(C)C)C(CC(=O)C2CC2)C1. The molecule has 1 aliphatic heterocycles. The molecule has 0 aromatic carbocycles. The van der Waals surface area contributed by atoms with Crippen molar-refractivity contribution in [1.29, 1.82) is 0 Å². The molecule has 0 N–H and O–H groups in total. The Morgan fingerprint density at radius 1 is 1.20 bits per heavy atom. The van der Waals surface area contributed by atoms with Crippen LogP contribution in [-0.4, -0.2) is 35.0 Å².